The van der Waals surface area contributed by atoms with Gasteiger partial charge in [0.1, 0.15) is 0 Å². The van der Waals surface area contributed by atoms with Crippen molar-refractivity contribution < 1.29 is 4.79 Å². The van der Waals surface area contributed by atoms with Crippen molar-refractivity contribution in [2.75, 3.05) is 32.8 Å². The molecule has 0 radical (unpaired) electrons. The number of carbonyl (C=O) groups is 1. The van der Waals surface area contributed by atoms with Crippen LogP contribution >= 0.6 is 0 Å². The van der Waals surface area contributed by atoms with Gasteiger partial charge in [0, 0.05) is 12.6 Å². The molecule has 1 N–H and O–H groups in total. The van der Waals surface area contributed by atoms with Crippen LogP contribution in [0.4, 0.5) is 0 Å². The first kappa shape index (κ1) is 10.9. The zero-order chi connectivity index (χ0) is 10.7. The van der Waals surface area contributed by atoms with Crippen molar-refractivity contribution in [3.63, 3.8) is 0 Å². The molecular formula is C11H21N3O. The van der Waals surface area contributed by atoms with Crippen molar-refractivity contribution >= 4 is 5.91 Å². The Balaban J connectivity index is 1.79. The summed E-state index contributed by atoms with van der Waals surface area (Å²) in [6.45, 7) is 6.78. The van der Waals surface area contributed by atoms with Gasteiger partial charge < -0.3 is 4.90 Å². The van der Waals surface area contributed by atoms with E-state index < -0.39 is 0 Å². The van der Waals surface area contributed by atoms with E-state index in [-0.39, 0.29) is 5.91 Å². The first-order chi connectivity index (χ1) is 7.27. The van der Waals surface area contributed by atoms with E-state index in [2.05, 4.69) is 17.1 Å². The Kier molecular flexibility index (Phi) is 3.59. The van der Waals surface area contributed by atoms with E-state index in [9.17, 15) is 4.79 Å². The number of amides is 1. The van der Waals surface area contributed by atoms with E-state index in [0.29, 0.717) is 12.6 Å². The molecule has 1 atom stereocenters. The average Bonchev–Trinajstić information content (AvgIpc) is 2.66. The molecular weight excluding hydrogens is 190 g/mol. The largest absolute Gasteiger partial charge is 0.327 e. The summed E-state index contributed by atoms with van der Waals surface area (Å²) in [5, 5.41) is 3.09. The van der Waals surface area contributed by atoms with Crippen molar-refractivity contribution in [3.8, 4) is 0 Å². The smallest absolute Gasteiger partial charge is 0.237 e. The van der Waals surface area contributed by atoms with Crippen LogP contribution in [0.2, 0.25) is 0 Å². The Bertz CT molecular complexity index is 226. The minimum absolute atomic E-state index is 0.249. The molecule has 0 aromatic rings. The van der Waals surface area contributed by atoms with Crippen molar-refractivity contribution in [1.29, 1.82) is 0 Å². The molecule has 2 fully saturated rings. The van der Waals surface area contributed by atoms with Gasteiger partial charge in [-0.3, -0.25) is 15.0 Å². The maximum Gasteiger partial charge on any atom is 0.237 e. The van der Waals surface area contributed by atoms with Gasteiger partial charge in [0.15, 0.2) is 0 Å². The van der Waals surface area contributed by atoms with Gasteiger partial charge in [-0.1, -0.05) is 6.42 Å². The summed E-state index contributed by atoms with van der Waals surface area (Å²) < 4.78 is 0. The summed E-state index contributed by atoms with van der Waals surface area (Å²) in [5.41, 5.74) is 0. The number of rotatable bonds is 3. The lowest BCUT2D eigenvalue weighted by atomic mass is 10.1. The highest BCUT2D eigenvalue weighted by Crippen LogP contribution is 2.13. The zero-order valence-electron chi connectivity index (χ0n) is 9.54. The van der Waals surface area contributed by atoms with Crippen LogP contribution in [-0.2, 0) is 4.79 Å². The lowest BCUT2D eigenvalue weighted by Gasteiger charge is -2.34. The normalized spacial score (nSPS) is 25.9. The van der Waals surface area contributed by atoms with Crippen LogP contribution in [0.25, 0.3) is 0 Å². The maximum atomic E-state index is 11.4. The second-order valence-corrected chi connectivity index (χ2v) is 4.65. The summed E-state index contributed by atoms with van der Waals surface area (Å²) >= 11 is 0. The number of hydrogen-bond acceptors (Lipinski definition) is 3. The third-order valence-corrected chi connectivity index (χ3v) is 3.43. The standard InChI is InChI=1S/C11H21N3O/c1-10(13-5-3-2-4-6-13)8-14-9-12-7-11(14)15/h10,12H,2-9H2,1H3. The van der Waals surface area contributed by atoms with Crippen molar-refractivity contribution in [2.24, 2.45) is 0 Å². The molecule has 1 unspecified atom stereocenters. The first-order valence-corrected chi connectivity index (χ1v) is 6.00. The van der Waals surface area contributed by atoms with Crippen LogP contribution in [0.3, 0.4) is 0 Å². The molecule has 2 aliphatic rings. The monoisotopic (exact) mass is 211 g/mol. The zero-order valence-corrected chi connectivity index (χ0v) is 9.54. The number of hydrogen-bond donors (Lipinski definition) is 1. The number of nitrogens with one attached hydrogen (secondary N) is 1. The average molecular weight is 211 g/mol. The molecule has 86 valence electrons. The van der Waals surface area contributed by atoms with E-state index in [1.54, 1.807) is 0 Å². The van der Waals surface area contributed by atoms with Gasteiger partial charge in [-0.2, -0.15) is 0 Å². The maximum absolute atomic E-state index is 11.4. The molecule has 2 rings (SSSR count). The van der Waals surface area contributed by atoms with E-state index in [0.717, 1.165) is 13.2 Å². The van der Waals surface area contributed by atoms with Gasteiger partial charge in [0.05, 0.1) is 13.2 Å². The highest BCUT2D eigenvalue weighted by Gasteiger charge is 2.24. The predicted molar refractivity (Wildman–Crippen MR) is 59.5 cm³/mol. The molecule has 0 bridgehead atoms. The van der Waals surface area contributed by atoms with Gasteiger partial charge in [-0.25, -0.2) is 0 Å². The van der Waals surface area contributed by atoms with Crippen LogP contribution in [0.5, 0.6) is 0 Å². The van der Waals surface area contributed by atoms with Crippen LogP contribution < -0.4 is 5.32 Å². The molecule has 2 saturated heterocycles. The van der Waals surface area contributed by atoms with E-state index in [1.807, 2.05) is 4.90 Å². The molecule has 4 nitrogen and oxygen atoms in total. The summed E-state index contributed by atoms with van der Waals surface area (Å²) in [4.78, 5) is 15.9. The second kappa shape index (κ2) is 4.94. The highest BCUT2D eigenvalue weighted by atomic mass is 16.2. The van der Waals surface area contributed by atoms with E-state index in [4.69, 9.17) is 0 Å². The summed E-state index contributed by atoms with van der Waals surface area (Å²) in [6.07, 6.45) is 4.00. The van der Waals surface area contributed by atoms with E-state index >= 15 is 0 Å². The SMILES string of the molecule is CC(CN1CNCC1=O)N1CCCCC1. The minimum Gasteiger partial charge on any atom is -0.327 e. The number of likely N-dealkylation sites (tertiary alicyclic amines) is 1. The number of carbonyl (C=O) groups excluding carboxylic acids is 1. The van der Waals surface area contributed by atoms with Crippen molar-refractivity contribution in [1.82, 2.24) is 15.1 Å². The Labute approximate surface area is 91.6 Å². The Hall–Kier alpha value is -0.610. The predicted octanol–water partition coefficient (Wildman–Crippen LogP) is 0.250. The lowest BCUT2D eigenvalue weighted by Crippen LogP contribution is -2.45. The van der Waals surface area contributed by atoms with Crippen LogP contribution in [0.1, 0.15) is 26.2 Å². The Morgan fingerprint density at radius 2 is 2.07 bits per heavy atom. The molecule has 15 heavy (non-hydrogen) atoms. The fraction of sp³-hybridized carbons (Fsp3) is 0.909. The Morgan fingerprint density at radius 1 is 1.33 bits per heavy atom. The van der Waals surface area contributed by atoms with Gasteiger partial charge in [-0.05, 0) is 32.9 Å². The molecule has 2 aliphatic heterocycles. The fourth-order valence-corrected chi connectivity index (χ4v) is 2.46. The summed E-state index contributed by atoms with van der Waals surface area (Å²) in [6, 6.07) is 0.508. The van der Waals surface area contributed by atoms with Gasteiger partial charge in [0.2, 0.25) is 5.91 Å². The molecule has 4 heteroatoms. The third kappa shape index (κ3) is 2.69. The van der Waals surface area contributed by atoms with Gasteiger partial charge >= 0.3 is 0 Å². The molecule has 0 spiro atoms. The van der Waals surface area contributed by atoms with Gasteiger partial charge in [-0.15, -0.1) is 0 Å². The molecule has 0 aliphatic carbocycles. The van der Waals surface area contributed by atoms with Crippen LogP contribution in [0, 0.1) is 0 Å². The van der Waals surface area contributed by atoms with Crippen LogP contribution in [0.15, 0.2) is 0 Å². The Morgan fingerprint density at radius 3 is 2.67 bits per heavy atom. The van der Waals surface area contributed by atoms with Crippen LogP contribution in [-0.4, -0.2) is 54.6 Å². The number of piperidine rings is 1. The minimum atomic E-state index is 0.249. The first-order valence-electron chi connectivity index (χ1n) is 6.00. The molecule has 2 heterocycles. The topological polar surface area (TPSA) is 35.6 Å². The van der Waals surface area contributed by atoms with Crippen molar-refractivity contribution in [2.45, 2.75) is 32.2 Å². The van der Waals surface area contributed by atoms with E-state index in [1.165, 1.54) is 32.4 Å². The van der Waals surface area contributed by atoms with Crippen molar-refractivity contribution in [3.05, 3.63) is 0 Å². The third-order valence-electron chi connectivity index (χ3n) is 3.43. The molecule has 1 amide bonds. The summed E-state index contributed by atoms with van der Waals surface area (Å²) in [7, 11) is 0. The molecule has 0 aromatic heterocycles. The second-order valence-electron chi connectivity index (χ2n) is 4.65. The fourth-order valence-electron chi connectivity index (χ4n) is 2.46. The van der Waals surface area contributed by atoms with Gasteiger partial charge in [0.25, 0.3) is 0 Å². The summed E-state index contributed by atoms with van der Waals surface area (Å²) in [5.74, 6) is 0.249. The lowest BCUT2D eigenvalue weighted by molar-refractivity contribution is -0.127. The quantitative estimate of drug-likeness (QED) is 0.727. The molecule has 0 aromatic carbocycles. The number of nitrogens with zero attached hydrogens (tertiary/aromatic N) is 2. The molecule has 0 saturated carbocycles. The highest BCUT2D eigenvalue weighted by molar-refractivity contribution is 5.80.